The Bertz CT molecular complexity index is 2690. The summed E-state index contributed by atoms with van der Waals surface area (Å²) in [6.45, 7) is 0. The van der Waals surface area contributed by atoms with Crippen LogP contribution >= 0.6 is 15.9 Å². The molecule has 1 saturated carbocycles. The first-order chi connectivity index (χ1) is 29.6. The summed E-state index contributed by atoms with van der Waals surface area (Å²) in [4.78, 5) is 61.3. The number of fused-ring (bicyclic) bond motifs is 4. The summed E-state index contributed by atoms with van der Waals surface area (Å²) in [6.07, 6.45) is 7.80. The number of rotatable bonds is 9. The van der Waals surface area contributed by atoms with Crippen LogP contribution in [0.3, 0.4) is 0 Å². The van der Waals surface area contributed by atoms with E-state index in [1.165, 1.54) is 18.1 Å². The first kappa shape index (κ1) is 39.9. The number of allylic oxidation sites excluding steroid dienone is 4. The average Bonchev–Trinajstić information content (AvgIpc) is 3.56. The molecule has 2 amide bonds. The topological polar surface area (TPSA) is 119 Å². The van der Waals surface area contributed by atoms with Gasteiger partial charge in [0.2, 0.25) is 11.8 Å². The van der Waals surface area contributed by atoms with Crippen LogP contribution in [0.15, 0.2) is 137 Å². The molecule has 5 aromatic carbocycles. The van der Waals surface area contributed by atoms with Crippen molar-refractivity contribution in [2.24, 2.45) is 23.7 Å². The molecule has 306 valence electrons. The molecule has 1 aliphatic heterocycles. The molecule has 10 heteroatoms. The number of hydrogen-bond donors (Lipinski definition) is 1. The molecule has 4 aliphatic rings. The van der Waals surface area contributed by atoms with Crippen LogP contribution in [-0.4, -0.2) is 49.8 Å². The Hall–Kier alpha value is -6.52. The molecule has 6 unspecified atom stereocenters. The van der Waals surface area contributed by atoms with E-state index in [-0.39, 0.29) is 47.7 Å². The second kappa shape index (κ2) is 15.8. The smallest absolute Gasteiger partial charge is 0.238 e. The highest BCUT2D eigenvalue weighted by Crippen LogP contribution is 2.64. The van der Waals surface area contributed by atoms with Gasteiger partial charge in [-0.2, -0.15) is 0 Å². The van der Waals surface area contributed by atoms with Gasteiger partial charge in [-0.15, -0.1) is 0 Å². The van der Waals surface area contributed by atoms with E-state index in [9.17, 15) is 14.7 Å². The zero-order chi connectivity index (χ0) is 42.6. The van der Waals surface area contributed by atoms with Crippen molar-refractivity contribution < 1.29 is 38.5 Å². The number of Topliss-reactive ketones (excluding diaryl/α,β-unsaturated/α-hetero) is 1. The Morgan fingerprint density at radius 1 is 0.754 bits per heavy atom. The molecular formula is C51H42BrNO8. The maximum absolute atomic E-state index is 15.3. The SMILES string of the molecule is COc1ccc(OC)c(C=Cc2ccc(N3C(=O)C4CC=C5C(CC6C(=O)C(c7ccccc7)=CC(=O)C6(c6ccccc6)C5c5cc(Br)c(O)c(OC)c5)C4C3=O)cc2)c1. The van der Waals surface area contributed by atoms with E-state index >= 15 is 9.59 Å². The number of imide groups is 1. The lowest BCUT2D eigenvalue weighted by Gasteiger charge is -2.55. The van der Waals surface area contributed by atoms with E-state index in [4.69, 9.17) is 14.2 Å². The van der Waals surface area contributed by atoms with Gasteiger partial charge in [-0.05, 0) is 105 Å². The molecule has 6 atom stereocenters. The number of benzene rings is 5. The van der Waals surface area contributed by atoms with Crippen molar-refractivity contribution in [1.29, 1.82) is 0 Å². The van der Waals surface area contributed by atoms with Crippen LogP contribution in [0.4, 0.5) is 5.69 Å². The fraction of sp³-hybridized carbons (Fsp3) is 0.216. The number of carbonyl (C=O) groups is 4. The second-order valence-corrected chi connectivity index (χ2v) is 16.7. The van der Waals surface area contributed by atoms with Gasteiger partial charge in [0.05, 0.1) is 48.7 Å². The van der Waals surface area contributed by atoms with Crippen molar-refractivity contribution in [1.82, 2.24) is 0 Å². The van der Waals surface area contributed by atoms with Crippen molar-refractivity contribution in [3.63, 3.8) is 0 Å². The third kappa shape index (κ3) is 6.43. The van der Waals surface area contributed by atoms with Crippen molar-refractivity contribution in [2.75, 3.05) is 26.2 Å². The molecule has 0 spiro atoms. The number of halogens is 1. The van der Waals surface area contributed by atoms with Crippen molar-refractivity contribution in [2.45, 2.75) is 24.2 Å². The van der Waals surface area contributed by atoms with Gasteiger partial charge >= 0.3 is 0 Å². The summed E-state index contributed by atoms with van der Waals surface area (Å²) in [5.41, 5.74) is 3.78. The number of phenolic OH excluding ortho intramolecular Hbond substituents is 1. The second-order valence-electron chi connectivity index (χ2n) is 15.9. The number of anilines is 1. The maximum Gasteiger partial charge on any atom is 0.238 e. The van der Waals surface area contributed by atoms with Gasteiger partial charge < -0.3 is 19.3 Å². The molecular weight excluding hydrogens is 834 g/mol. The third-order valence-corrected chi connectivity index (χ3v) is 13.6. The molecule has 5 aromatic rings. The molecule has 3 aliphatic carbocycles. The molecule has 61 heavy (non-hydrogen) atoms. The van der Waals surface area contributed by atoms with Gasteiger partial charge in [-0.1, -0.05) is 96.6 Å². The molecule has 1 N–H and O–H groups in total. The van der Waals surface area contributed by atoms with E-state index < -0.39 is 35.0 Å². The Kier molecular flexibility index (Phi) is 10.4. The van der Waals surface area contributed by atoms with Crippen LogP contribution in [0.25, 0.3) is 17.7 Å². The number of carbonyl (C=O) groups excluding carboxylic acids is 4. The average molecular weight is 877 g/mol. The third-order valence-electron chi connectivity index (χ3n) is 13.0. The largest absolute Gasteiger partial charge is 0.503 e. The van der Waals surface area contributed by atoms with Crippen LogP contribution in [0, 0.1) is 23.7 Å². The van der Waals surface area contributed by atoms with Crippen molar-refractivity contribution in [3.8, 4) is 23.0 Å². The quantitative estimate of drug-likeness (QED) is 0.0885. The summed E-state index contributed by atoms with van der Waals surface area (Å²) in [7, 11) is 4.67. The van der Waals surface area contributed by atoms with Gasteiger partial charge in [0.15, 0.2) is 23.1 Å². The van der Waals surface area contributed by atoms with Gasteiger partial charge in [0.25, 0.3) is 0 Å². The predicted molar refractivity (Wildman–Crippen MR) is 236 cm³/mol. The Labute approximate surface area is 362 Å². The lowest BCUT2D eigenvalue weighted by Crippen LogP contribution is -2.58. The zero-order valence-corrected chi connectivity index (χ0v) is 35.3. The fourth-order valence-corrected chi connectivity index (χ4v) is 10.8. The summed E-state index contributed by atoms with van der Waals surface area (Å²) >= 11 is 3.52. The lowest BCUT2D eigenvalue weighted by atomic mass is 9.44. The van der Waals surface area contributed by atoms with Gasteiger partial charge in [0, 0.05) is 23.0 Å². The lowest BCUT2D eigenvalue weighted by molar-refractivity contribution is -0.135. The fourth-order valence-electron chi connectivity index (χ4n) is 10.3. The Morgan fingerprint density at radius 3 is 2.15 bits per heavy atom. The molecule has 0 radical (unpaired) electrons. The van der Waals surface area contributed by atoms with E-state index in [2.05, 4.69) is 15.9 Å². The minimum Gasteiger partial charge on any atom is -0.503 e. The van der Waals surface area contributed by atoms with Crippen LogP contribution < -0.4 is 19.1 Å². The van der Waals surface area contributed by atoms with E-state index in [0.29, 0.717) is 43.9 Å². The zero-order valence-electron chi connectivity index (χ0n) is 33.7. The van der Waals surface area contributed by atoms with E-state index in [1.54, 1.807) is 38.5 Å². The molecule has 1 heterocycles. The highest BCUT2D eigenvalue weighted by molar-refractivity contribution is 9.10. The summed E-state index contributed by atoms with van der Waals surface area (Å²) < 4.78 is 16.9. The summed E-state index contributed by atoms with van der Waals surface area (Å²) in [5.74, 6) is -3.26. The maximum atomic E-state index is 15.3. The first-order valence-corrected chi connectivity index (χ1v) is 21.0. The predicted octanol–water partition coefficient (Wildman–Crippen LogP) is 9.38. The minimum atomic E-state index is -1.42. The monoisotopic (exact) mass is 875 g/mol. The number of ketones is 2. The van der Waals surface area contributed by atoms with E-state index in [1.807, 2.05) is 109 Å². The van der Waals surface area contributed by atoms with Gasteiger partial charge in [-0.3, -0.25) is 24.1 Å². The van der Waals surface area contributed by atoms with E-state index in [0.717, 1.165) is 16.7 Å². The molecule has 1 saturated heterocycles. The van der Waals surface area contributed by atoms with Gasteiger partial charge in [-0.25, -0.2) is 0 Å². The summed E-state index contributed by atoms with van der Waals surface area (Å²) in [5, 5.41) is 11.0. The molecule has 9 rings (SSSR count). The van der Waals surface area contributed by atoms with Crippen LogP contribution in [-0.2, 0) is 24.6 Å². The van der Waals surface area contributed by atoms with Crippen molar-refractivity contribution >= 4 is 62.7 Å². The van der Waals surface area contributed by atoms with Gasteiger partial charge in [0.1, 0.15) is 11.5 Å². The Balaban J connectivity index is 1.14. The van der Waals surface area contributed by atoms with Crippen LogP contribution in [0.2, 0.25) is 0 Å². The molecule has 9 nitrogen and oxygen atoms in total. The standard InChI is InChI=1S/C51H42BrNO8/c1-59-35-20-23-42(60-2)31(24-35)17-14-29-15-18-34(19-16-29)53-49(57)37-22-21-36-39(45(37)50(53)58)27-40-47(55)38(30-10-6-4-7-11-30)28-44(54)51(40,33-12-8-5-9-13-33)46(36)32-25-41(52)48(56)43(26-32)61-3/h4-21,23-26,28,37,39-40,45-46,56H,22,27H2,1-3H3. The molecule has 0 bridgehead atoms. The number of aromatic hydroxyl groups is 1. The highest BCUT2D eigenvalue weighted by Gasteiger charge is 2.66. The van der Waals surface area contributed by atoms with Crippen molar-refractivity contribution in [3.05, 3.63) is 165 Å². The molecule has 0 aromatic heterocycles. The number of amides is 2. The Morgan fingerprint density at radius 2 is 1.46 bits per heavy atom. The summed E-state index contributed by atoms with van der Waals surface area (Å²) in [6, 6.07) is 34.8. The first-order valence-electron chi connectivity index (χ1n) is 20.2. The van der Waals surface area contributed by atoms with Crippen LogP contribution in [0.5, 0.6) is 23.0 Å². The molecule has 2 fully saturated rings. The number of nitrogens with zero attached hydrogens (tertiary/aromatic N) is 1. The highest BCUT2D eigenvalue weighted by atomic mass is 79.9. The van der Waals surface area contributed by atoms with Crippen LogP contribution in [0.1, 0.15) is 46.6 Å². The number of phenols is 1. The minimum absolute atomic E-state index is 0.104. The normalized spacial score (nSPS) is 24.5. The number of hydrogen-bond acceptors (Lipinski definition) is 8. The number of ether oxygens (including phenoxy) is 3. The number of methoxy groups -OCH3 is 3.